The number of anilines is 1. The summed E-state index contributed by atoms with van der Waals surface area (Å²) < 4.78 is 0. The molecule has 2 nitrogen and oxygen atoms in total. The van der Waals surface area contributed by atoms with Crippen LogP contribution in [0.3, 0.4) is 0 Å². The largest absolute Gasteiger partial charge is 0.322 e. The Kier molecular flexibility index (Phi) is 2.35. The zero-order valence-corrected chi connectivity index (χ0v) is 8.05. The summed E-state index contributed by atoms with van der Waals surface area (Å²) in [7, 11) is 0. The van der Waals surface area contributed by atoms with Gasteiger partial charge in [0.1, 0.15) is 0 Å². The maximum Gasteiger partial charge on any atom is 0.247 e. The molecular formula is C12H13NO. The van der Waals surface area contributed by atoms with Crippen molar-refractivity contribution in [3.8, 4) is 0 Å². The molecule has 1 aromatic carbocycles. The van der Waals surface area contributed by atoms with Crippen LogP contribution in [0.2, 0.25) is 0 Å². The molecule has 0 unspecified atom stereocenters. The van der Waals surface area contributed by atoms with Gasteiger partial charge in [-0.2, -0.15) is 0 Å². The zero-order chi connectivity index (χ0) is 9.97. The lowest BCUT2D eigenvalue weighted by molar-refractivity contribution is -0.111. The first-order valence-electron chi connectivity index (χ1n) is 4.85. The first-order chi connectivity index (χ1) is 6.81. The molecule has 2 heteroatoms. The minimum absolute atomic E-state index is 0.134. The number of aryl methyl sites for hydroxylation is 1. The van der Waals surface area contributed by atoms with Gasteiger partial charge in [0.2, 0.25) is 5.91 Å². The van der Waals surface area contributed by atoms with E-state index in [1.807, 2.05) is 12.1 Å². The highest BCUT2D eigenvalue weighted by atomic mass is 16.1. The van der Waals surface area contributed by atoms with Gasteiger partial charge in [-0.25, -0.2) is 0 Å². The summed E-state index contributed by atoms with van der Waals surface area (Å²) in [5.74, 6) is -0.134. The zero-order valence-electron chi connectivity index (χ0n) is 8.05. The van der Waals surface area contributed by atoms with Crippen LogP contribution in [0.5, 0.6) is 0 Å². The van der Waals surface area contributed by atoms with E-state index < -0.39 is 0 Å². The van der Waals surface area contributed by atoms with E-state index in [2.05, 4.69) is 18.0 Å². The van der Waals surface area contributed by atoms with Crippen LogP contribution >= 0.6 is 0 Å². The maximum absolute atomic E-state index is 11.2. The predicted octanol–water partition coefficient (Wildman–Crippen LogP) is 2.30. The summed E-state index contributed by atoms with van der Waals surface area (Å²) >= 11 is 0. The maximum atomic E-state index is 11.2. The minimum Gasteiger partial charge on any atom is -0.322 e. The van der Waals surface area contributed by atoms with Gasteiger partial charge in [0, 0.05) is 5.69 Å². The fourth-order valence-electron chi connectivity index (χ4n) is 1.92. The van der Waals surface area contributed by atoms with Crippen LogP contribution in [0.1, 0.15) is 17.5 Å². The highest BCUT2D eigenvalue weighted by molar-refractivity contribution is 5.99. The second kappa shape index (κ2) is 3.66. The van der Waals surface area contributed by atoms with E-state index in [-0.39, 0.29) is 5.91 Å². The van der Waals surface area contributed by atoms with E-state index in [1.54, 1.807) is 0 Å². The Morgan fingerprint density at radius 2 is 2.29 bits per heavy atom. The fraction of sp³-hybridized carbons (Fsp3) is 0.250. The Morgan fingerprint density at radius 1 is 1.43 bits per heavy atom. The minimum atomic E-state index is -0.134. The van der Waals surface area contributed by atoms with Crippen molar-refractivity contribution in [2.24, 2.45) is 0 Å². The molecule has 0 aliphatic heterocycles. The van der Waals surface area contributed by atoms with Gasteiger partial charge in [0.25, 0.3) is 0 Å². The monoisotopic (exact) mass is 187 g/mol. The van der Waals surface area contributed by atoms with Crippen molar-refractivity contribution in [1.82, 2.24) is 0 Å². The molecular weight excluding hydrogens is 174 g/mol. The lowest BCUT2D eigenvalue weighted by Crippen LogP contribution is -2.09. The van der Waals surface area contributed by atoms with Gasteiger partial charge in [-0.05, 0) is 42.5 Å². The van der Waals surface area contributed by atoms with Crippen molar-refractivity contribution in [2.45, 2.75) is 19.3 Å². The number of hydrogen-bond acceptors (Lipinski definition) is 1. The summed E-state index contributed by atoms with van der Waals surface area (Å²) in [4.78, 5) is 11.2. The van der Waals surface area contributed by atoms with Crippen LogP contribution in [0.4, 0.5) is 5.69 Å². The van der Waals surface area contributed by atoms with Gasteiger partial charge in [-0.15, -0.1) is 0 Å². The van der Waals surface area contributed by atoms with Gasteiger partial charge in [0.05, 0.1) is 0 Å². The van der Waals surface area contributed by atoms with Crippen LogP contribution in [-0.4, -0.2) is 5.91 Å². The topological polar surface area (TPSA) is 29.1 Å². The number of benzene rings is 1. The Morgan fingerprint density at radius 3 is 3.07 bits per heavy atom. The third kappa shape index (κ3) is 1.55. The second-order valence-electron chi connectivity index (χ2n) is 3.49. The Hall–Kier alpha value is -1.57. The third-order valence-corrected chi connectivity index (χ3v) is 2.59. The lowest BCUT2D eigenvalue weighted by atomic mass is 10.1. The summed E-state index contributed by atoms with van der Waals surface area (Å²) in [6.07, 6.45) is 4.70. The SMILES string of the molecule is C=CC(=O)Nc1cccc2c1CCC2. The number of carbonyl (C=O) groups is 1. The molecule has 14 heavy (non-hydrogen) atoms. The molecule has 1 aliphatic carbocycles. The van der Waals surface area contributed by atoms with Crippen molar-refractivity contribution in [3.05, 3.63) is 42.0 Å². The normalized spacial score (nSPS) is 13.4. The molecule has 0 bridgehead atoms. The molecule has 0 radical (unpaired) electrons. The molecule has 1 amide bonds. The van der Waals surface area contributed by atoms with Gasteiger partial charge in [-0.1, -0.05) is 18.7 Å². The Bertz CT molecular complexity index is 382. The molecule has 1 N–H and O–H groups in total. The summed E-state index contributed by atoms with van der Waals surface area (Å²) in [6, 6.07) is 6.07. The standard InChI is InChI=1S/C12H13NO/c1-2-12(14)13-11-8-4-6-9-5-3-7-10(9)11/h2,4,6,8H,1,3,5,7H2,(H,13,14). The molecule has 0 heterocycles. The van der Waals surface area contributed by atoms with Crippen LogP contribution < -0.4 is 5.32 Å². The molecule has 0 atom stereocenters. The molecule has 0 saturated heterocycles. The van der Waals surface area contributed by atoms with E-state index in [4.69, 9.17) is 0 Å². The lowest BCUT2D eigenvalue weighted by Gasteiger charge is -2.07. The van der Waals surface area contributed by atoms with Gasteiger partial charge in [-0.3, -0.25) is 4.79 Å². The van der Waals surface area contributed by atoms with E-state index in [1.165, 1.54) is 23.6 Å². The molecule has 1 aliphatic rings. The van der Waals surface area contributed by atoms with E-state index in [0.717, 1.165) is 18.5 Å². The number of hydrogen-bond donors (Lipinski definition) is 1. The summed E-state index contributed by atoms with van der Waals surface area (Å²) in [5, 5.41) is 2.83. The van der Waals surface area contributed by atoms with Crippen molar-refractivity contribution < 1.29 is 4.79 Å². The number of fused-ring (bicyclic) bond motifs is 1. The molecule has 1 aromatic rings. The average molecular weight is 187 g/mol. The Labute approximate surface area is 83.6 Å². The first-order valence-corrected chi connectivity index (χ1v) is 4.85. The molecule has 2 rings (SSSR count). The molecule has 0 saturated carbocycles. The first kappa shape index (κ1) is 9.00. The van der Waals surface area contributed by atoms with Crippen LogP contribution in [-0.2, 0) is 17.6 Å². The highest BCUT2D eigenvalue weighted by Crippen LogP contribution is 2.28. The van der Waals surface area contributed by atoms with E-state index in [9.17, 15) is 4.79 Å². The summed E-state index contributed by atoms with van der Waals surface area (Å²) in [5.41, 5.74) is 3.61. The predicted molar refractivity (Wildman–Crippen MR) is 57.3 cm³/mol. The third-order valence-electron chi connectivity index (χ3n) is 2.59. The fourth-order valence-corrected chi connectivity index (χ4v) is 1.92. The number of rotatable bonds is 2. The average Bonchev–Trinajstić information content (AvgIpc) is 2.66. The Balaban J connectivity index is 2.30. The van der Waals surface area contributed by atoms with Crippen LogP contribution in [0, 0.1) is 0 Å². The van der Waals surface area contributed by atoms with Crippen molar-refractivity contribution in [2.75, 3.05) is 5.32 Å². The van der Waals surface area contributed by atoms with Gasteiger partial charge in [0.15, 0.2) is 0 Å². The van der Waals surface area contributed by atoms with Crippen molar-refractivity contribution in [1.29, 1.82) is 0 Å². The van der Waals surface area contributed by atoms with Crippen LogP contribution in [0.15, 0.2) is 30.9 Å². The van der Waals surface area contributed by atoms with Gasteiger partial charge >= 0.3 is 0 Å². The molecule has 0 fully saturated rings. The van der Waals surface area contributed by atoms with E-state index in [0.29, 0.717) is 0 Å². The number of carbonyl (C=O) groups excluding carboxylic acids is 1. The smallest absolute Gasteiger partial charge is 0.247 e. The van der Waals surface area contributed by atoms with Crippen LogP contribution in [0.25, 0.3) is 0 Å². The molecule has 0 aromatic heterocycles. The molecule has 0 spiro atoms. The second-order valence-corrected chi connectivity index (χ2v) is 3.49. The van der Waals surface area contributed by atoms with Crippen molar-refractivity contribution in [3.63, 3.8) is 0 Å². The highest BCUT2D eigenvalue weighted by Gasteiger charge is 2.14. The van der Waals surface area contributed by atoms with Crippen molar-refractivity contribution >= 4 is 11.6 Å². The molecule has 72 valence electrons. The number of nitrogens with one attached hydrogen (secondary N) is 1. The van der Waals surface area contributed by atoms with E-state index >= 15 is 0 Å². The number of amides is 1. The quantitative estimate of drug-likeness (QED) is 0.707. The van der Waals surface area contributed by atoms with Gasteiger partial charge < -0.3 is 5.32 Å². The summed E-state index contributed by atoms with van der Waals surface area (Å²) in [6.45, 7) is 3.44.